The first-order valence-corrected chi connectivity index (χ1v) is 15.0. The van der Waals surface area contributed by atoms with Crippen LogP contribution < -0.4 is 0 Å². The van der Waals surface area contributed by atoms with Gasteiger partial charge in [-0.25, -0.2) is 13.6 Å². The summed E-state index contributed by atoms with van der Waals surface area (Å²) in [4.78, 5) is 12.2. The smallest absolute Gasteiger partial charge is 0.340 e. The first-order valence-electron chi connectivity index (χ1n) is 13.5. The highest BCUT2D eigenvalue weighted by molar-refractivity contribution is 7.90. The second-order valence-corrected chi connectivity index (χ2v) is 12.4. The largest absolute Gasteiger partial charge is 0.465 e. The summed E-state index contributed by atoms with van der Waals surface area (Å²) in [6.45, 7) is 5.84. The van der Waals surface area contributed by atoms with E-state index in [1.54, 1.807) is 36.4 Å². The molecular formula is C33H27F2N3O4S. The number of hydrogen-bond acceptors (Lipinski definition) is 5. The fraction of sp³-hybridized carbons (Fsp3) is 0.152. The molecule has 0 aliphatic rings. The number of fused-ring (bicyclic) bond motifs is 2. The van der Waals surface area contributed by atoms with Gasteiger partial charge in [-0.2, -0.15) is 17.6 Å². The van der Waals surface area contributed by atoms with Gasteiger partial charge in [0, 0.05) is 27.7 Å². The Bertz CT molecular complexity index is 2150. The number of ether oxygens (including phenoxy) is 1. The van der Waals surface area contributed by atoms with Crippen molar-refractivity contribution in [1.29, 1.82) is 0 Å². The van der Waals surface area contributed by atoms with E-state index in [0.717, 1.165) is 15.3 Å². The Labute approximate surface area is 247 Å². The molecule has 0 radical (unpaired) electrons. The van der Waals surface area contributed by atoms with Crippen molar-refractivity contribution in [2.45, 2.75) is 31.6 Å². The summed E-state index contributed by atoms with van der Waals surface area (Å²) in [5.74, 6) is -2.05. The van der Waals surface area contributed by atoms with E-state index in [1.807, 2.05) is 31.4 Å². The molecular weight excluding hydrogens is 572 g/mol. The van der Waals surface area contributed by atoms with Crippen LogP contribution in [-0.2, 0) is 14.8 Å². The van der Waals surface area contributed by atoms with Gasteiger partial charge in [-0.05, 0) is 79.1 Å². The molecule has 4 aromatic carbocycles. The fourth-order valence-electron chi connectivity index (χ4n) is 5.47. The van der Waals surface area contributed by atoms with Crippen LogP contribution in [0.1, 0.15) is 41.4 Å². The maximum atomic E-state index is 15.3. The third kappa shape index (κ3) is 4.67. The summed E-state index contributed by atoms with van der Waals surface area (Å²) in [7, 11) is -2.86. The van der Waals surface area contributed by atoms with Crippen LogP contribution in [0, 0.1) is 18.6 Å². The van der Waals surface area contributed by atoms with E-state index < -0.39 is 27.6 Å². The van der Waals surface area contributed by atoms with Crippen LogP contribution in [0.3, 0.4) is 0 Å². The summed E-state index contributed by atoms with van der Waals surface area (Å²) in [6, 6.07) is 20.4. The molecule has 2 aromatic heterocycles. The quantitative estimate of drug-likeness (QED) is 0.187. The molecule has 0 bridgehead atoms. The summed E-state index contributed by atoms with van der Waals surface area (Å²) < 4.78 is 64.3. The molecule has 0 fully saturated rings. The number of halogens is 2. The lowest BCUT2D eigenvalue weighted by atomic mass is 9.95. The number of benzene rings is 4. The zero-order chi connectivity index (χ0) is 30.6. The molecule has 0 spiro atoms. The number of aryl methyl sites for hydroxylation is 1. The minimum Gasteiger partial charge on any atom is -0.465 e. The maximum Gasteiger partial charge on any atom is 0.340 e. The Morgan fingerprint density at radius 3 is 2.23 bits per heavy atom. The first kappa shape index (κ1) is 28.3. The highest BCUT2D eigenvalue weighted by atomic mass is 32.2. The van der Waals surface area contributed by atoms with Gasteiger partial charge >= 0.3 is 5.97 Å². The number of nitrogens with zero attached hydrogens (tertiary/aromatic N) is 3. The first-order chi connectivity index (χ1) is 20.5. The molecule has 0 aliphatic carbocycles. The Morgan fingerprint density at radius 2 is 1.60 bits per heavy atom. The second kappa shape index (κ2) is 10.5. The molecule has 0 saturated carbocycles. The van der Waals surface area contributed by atoms with Crippen molar-refractivity contribution in [3.05, 3.63) is 114 Å². The number of carbonyl (C=O) groups is 1. The van der Waals surface area contributed by atoms with E-state index in [1.165, 1.54) is 49.7 Å². The van der Waals surface area contributed by atoms with Crippen LogP contribution in [0.2, 0.25) is 0 Å². The predicted octanol–water partition coefficient (Wildman–Crippen LogP) is 7.38. The van der Waals surface area contributed by atoms with Gasteiger partial charge in [0.1, 0.15) is 11.6 Å². The van der Waals surface area contributed by atoms with E-state index in [2.05, 4.69) is 5.10 Å². The zero-order valence-corrected chi connectivity index (χ0v) is 24.6. The van der Waals surface area contributed by atoms with Gasteiger partial charge in [-0.15, -0.1) is 0 Å². The maximum absolute atomic E-state index is 15.3. The van der Waals surface area contributed by atoms with Crippen LogP contribution in [-0.4, -0.2) is 35.2 Å². The van der Waals surface area contributed by atoms with Crippen molar-refractivity contribution in [3.8, 4) is 16.8 Å². The summed E-state index contributed by atoms with van der Waals surface area (Å²) in [5.41, 5.74) is 4.34. The lowest BCUT2D eigenvalue weighted by Gasteiger charge is -2.16. The van der Waals surface area contributed by atoms with Crippen molar-refractivity contribution in [2.75, 3.05) is 7.11 Å². The van der Waals surface area contributed by atoms with Gasteiger partial charge in [0.2, 0.25) is 0 Å². The molecule has 0 saturated heterocycles. The highest BCUT2D eigenvalue weighted by Crippen LogP contribution is 2.43. The molecule has 6 rings (SSSR count). The van der Waals surface area contributed by atoms with E-state index in [-0.39, 0.29) is 16.4 Å². The van der Waals surface area contributed by atoms with Gasteiger partial charge < -0.3 is 9.30 Å². The van der Waals surface area contributed by atoms with Crippen LogP contribution in [0.4, 0.5) is 8.78 Å². The SMILES string of the molecule is COC(=O)c1ccc(-c2c(C(C)C)n(-c3ccc(F)cc3)c3cc4cnn(S(=O)(=O)c5ccc(C)cc5)c4cc23)cc1F. The molecule has 0 unspecified atom stereocenters. The van der Waals surface area contributed by atoms with E-state index in [9.17, 15) is 17.6 Å². The monoisotopic (exact) mass is 599 g/mol. The van der Waals surface area contributed by atoms with E-state index in [0.29, 0.717) is 38.6 Å². The average Bonchev–Trinajstić information content (AvgIpc) is 3.55. The number of esters is 1. The lowest BCUT2D eigenvalue weighted by molar-refractivity contribution is 0.0595. The summed E-state index contributed by atoms with van der Waals surface area (Å²) in [5, 5.41) is 5.45. The van der Waals surface area contributed by atoms with Gasteiger partial charge in [-0.1, -0.05) is 37.6 Å². The minimum atomic E-state index is -4.04. The lowest BCUT2D eigenvalue weighted by Crippen LogP contribution is -2.14. The number of aromatic nitrogens is 3. The molecule has 218 valence electrons. The zero-order valence-electron chi connectivity index (χ0n) is 23.8. The Morgan fingerprint density at radius 1 is 0.907 bits per heavy atom. The molecule has 0 aliphatic heterocycles. The Balaban J connectivity index is 1.70. The molecule has 0 atom stereocenters. The van der Waals surface area contributed by atoms with Crippen molar-refractivity contribution >= 4 is 37.8 Å². The Kier molecular flexibility index (Phi) is 6.89. The second-order valence-electron chi connectivity index (χ2n) is 10.6. The van der Waals surface area contributed by atoms with Crippen LogP contribution in [0.5, 0.6) is 0 Å². The third-order valence-corrected chi connectivity index (χ3v) is 9.12. The summed E-state index contributed by atoms with van der Waals surface area (Å²) >= 11 is 0. The standard InChI is InChI=1S/C33H27F2N3O4S/c1-19(2)32-31(21-7-14-26(28(35)15-21)33(39)42-4)27-17-29-22(16-30(27)37(32)24-10-8-23(34)9-11-24)18-36-38(29)43(40,41)25-12-5-20(3)6-13-25/h5-19H,1-4H3. The van der Waals surface area contributed by atoms with Gasteiger partial charge in [0.15, 0.2) is 0 Å². The van der Waals surface area contributed by atoms with Crippen molar-refractivity contribution in [3.63, 3.8) is 0 Å². The molecule has 2 heterocycles. The summed E-state index contributed by atoms with van der Waals surface area (Å²) in [6.07, 6.45) is 1.49. The Hall–Kier alpha value is -4.83. The van der Waals surface area contributed by atoms with Crippen molar-refractivity contribution in [2.24, 2.45) is 0 Å². The molecule has 0 amide bonds. The fourth-order valence-corrected chi connectivity index (χ4v) is 6.74. The van der Waals surface area contributed by atoms with Crippen LogP contribution in [0.15, 0.2) is 90.0 Å². The number of methoxy groups -OCH3 is 1. The van der Waals surface area contributed by atoms with Crippen LogP contribution in [0.25, 0.3) is 38.6 Å². The molecule has 6 aromatic rings. The number of carbonyl (C=O) groups excluding carboxylic acids is 1. The highest BCUT2D eigenvalue weighted by Gasteiger charge is 2.27. The van der Waals surface area contributed by atoms with E-state index >= 15 is 4.39 Å². The topological polar surface area (TPSA) is 83.2 Å². The normalized spacial score (nSPS) is 12.0. The van der Waals surface area contributed by atoms with Crippen molar-refractivity contribution in [1.82, 2.24) is 13.8 Å². The average molecular weight is 600 g/mol. The molecule has 0 N–H and O–H groups in total. The van der Waals surface area contributed by atoms with Gasteiger partial charge in [-0.3, -0.25) is 0 Å². The predicted molar refractivity (Wildman–Crippen MR) is 161 cm³/mol. The van der Waals surface area contributed by atoms with Crippen molar-refractivity contribution < 1.29 is 26.7 Å². The molecule has 43 heavy (non-hydrogen) atoms. The van der Waals surface area contributed by atoms with E-state index in [4.69, 9.17) is 4.74 Å². The van der Waals surface area contributed by atoms with Crippen LogP contribution >= 0.6 is 0 Å². The van der Waals surface area contributed by atoms with Gasteiger partial charge in [0.25, 0.3) is 10.0 Å². The number of hydrogen-bond donors (Lipinski definition) is 0. The third-order valence-electron chi connectivity index (χ3n) is 7.50. The van der Waals surface area contributed by atoms with Gasteiger partial charge in [0.05, 0.1) is 34.8 Å². The minimum absolute atomic E-state index is 0.0932. The molecule has 10 heteroatoms. The number of rotatable bonds is 6. The molecule has 7 nitrogen and oxygen atoms in total.